The Kier molecular flexibility index (Phi) is 9.18. The van der Waals surface area contributed by atoms with Crippen molar-refractivity contribution in [2.45, 2.75) is 30.7 Å². The van der Waals surface area contributed by atoms with E-state index in [-0.39, 0.29) is 17.4 Å². The highest BCUT2D eigenvalue weighted by atomic mass is 32.2. The van der Waals surface area contributed by atoms with Crippen molar-refractivity contribution in [1.82, 2.24) is 29.5 Å². The minimum atomic E-state index is -3.67. The molecular formula is C28H39N9O3S. The summed E-state index contributed by atoms with van der Waals surface area (Å²) in [6, 6.07) is 13.3. The number of anilines is 5. The van der Waals surface area contributed by atoms with Crippen molar-refractivity contribution in [1.29, 1.82) is 0 Å². The van der Waals surface area contributed by atoms with Crippen LogP contribution in [0.5, 0.6) is 5.75 Å². The SMILES string of the molecule is CCNS(=O)(=O)c1ccccc1Nc1ncnc(Nc2ccc(N3CCC(N4CCN(C)CC4)CC3)c(OC)c2)n1. The minimum Gasteiger partial charge on any atom is -0.495 e. The maximum Gasteiger partial charge on any atom is 0.242 e. The highest BCUT2D eigenvalue weighted by Crippen LogP contribution is 2.34. The molecule has 0 amide bonds. The maximum atomic E-state index is 12.6. The van der Waals surface area contributed by atoms with Crippen LogP contribution in [0.1, 0.15) is 19.8 Å². The van der Waals surface area contributed by atoms with Gasteiger partial charge < -0.3 is 25.2 Å². The van der Waals surface area contributed by atoms with Crippen LogP contribution in [-0.2, 0) is 10.0 Å². The van der Waals surface area contributed by atoms with Crippen LogP contribution in [-0.4, -0.2) is 99.2 Å². The average molecular weight is 582 g/mol. The molecule has 12 nitrogen and oxygen atoms in total. The van der Waals surface area contributed by atoms with Crippen LogP contribution in [0.3, 0.4) is 0 Å². The van der Waals surface area contributed by atoms with Gasteiger partial charge in [0.25, 0.3) is 0 Å². The van der Waals surface area contributed by atoms with Gasteiger partial charge in [-0.3, -0.25) is 4.90 Å². The number of nitrogens with one attached hydrogen (secondary N) is 3. The lowest BCUT2D eigenvalue weighted by molar-refractivity contribution is 0.0981. The Balaban J connectivity index is 1.25. The van der Waals surface area contributed by atoms with Crippen LogP contribution in [0, 0.1) is 0 Å². The molecule has 0 radical (unpaired) electrons. The van der Waals surface area contributed by atoms with Crippen molar-refractivity contribution in [3.05, 3.63) is 48.8 Å². The fourth-order valence-corrected chi connectivity index (χ4v) is 6.62. The third kappa shape index (κ3) is 7.04. The number of hydrogen-bond donors (Lipinski definition) is 3. The second kappa shape index (κ2) is 13.0. The summed E-state index contributed by atoms with van der Waals surface area (Å²) in [4.78, 5) is 20.4. The fraction of sp³-hybridized carbons (Fsp3) is 0.464. The Morgan fingerprint density at radius 1 is 0.951 bits per heavy atom. The van der Waals surface area contributed by atoms with Gasteiger partial charge in [0.2, 0.25) is 21.9 Å². The normalized spacial score (nSPS) is 17.4. The van der Waals surface area contributed by atoms with Gasteiger partial charge in [-0.25, -0.2) is 23.1 Å². The summed E-state index contributed by atoms with van der Waals surface area (Å²) in [5.41, 5.74) is 2.21. The molecule has 1 aromatic heterocycles. The van der Waals surface area contributed by atoms with E-state index in [0.717, 1.165) is 69.2 Å². The summed E-state index contributed by atoms with van der Waals surface area (Å²) in [5, 5.41) is 6.22. The predicted octanol–water partition coefficient (Wildman–Crippen LogP) is 2.88. The summed E-state index contributed by atoms with van der Waals surface area (Å²) in [6.07, 6.45) is 3.66. The predicted molar refractivity (Wildman–Crippen MR) is 161 cm³/mol. The summed E-state index contributed by atoms with van der Waals surface area (Å²) >= 11 is 0. The first-order chi connectivity index (χ1) is 19.9. The van der Waals surface area contributed by atoms with Crippen LogP contribution in [0.15, 0.2) is 53.7 Å². The zero-order valence-electron chi connectivity index (χ0n) is 23.9. The first-order valence-electron chi connectivity index (χ1n) is 14.0. The third-order valence-electron chi connectivity index (χ3n) is 7.62. The number of sulfonamides is 1. The molecule has 2 aliphatic heterocycles. The van der Waals surface area contributed by atoms with Crippen molar-refractivity contribution in [3.63, 3.8) is 0 Å². The van der Waals surface area contributed by atoms with Crippen molar-refractivity contribution < 1.29 is 13.2 Å². The summed E-state index contributed by atoms with van der Waals surface area (Å²) < 4.78 is 33.5. The van der Waals surface area contributed by atoms with Gasteiger partial charge in [0.05, 0.1) is 18.5 Å². The Morgan fingerprint density at radius 2 is 1.66 bits per heavy atom. The van der Waals surface area contributed by atoms with Crippen LogP contribution in [0.4, 0.5) is 29.0 Å². The van der Waals surface area contributed by atoms with Gasteiger partial charge in [0.15, 0.2) is 0 Å². The smallest absolute Gasteiger partial charge is 0.242 e. The van der Waals surface area contributed by atoms with Gasteiger partial charge in [-0.05, 0) is 44.2 Å². The number of methoxy groups -OCH3 is 1. The molecule has 3 aromatic rings. The van der Waals surface area contributed by atoms with E-state index in [1.807, 2.05) is 12.1 Å². The molecule has 3 heterocycles. The number of nitrogens with zero attached hydrogens (tertiary/aromatic N) is 6. The van der Waals surface area contributed by atoms with Gasteiger partial charge in [0, 0.05) is 63.6 Å². The van der Waals surface area contributed by atoms with E-state index in [2.05, 4.69) is 58.1 Å². The van der Waals surface area contributed by atoms with Crippen LogP contribution in [0.25, 0.3) is 0 Å². The Morgan fingerprint density at radius 3 is 2.37 bits per heavy atom. The van der Waals surface area contributed by atoms with Gasteiger partial charge in [-0.2, -0.15) is 4.98 Å². The van der Waals surface area contributed by atoms with E-state index >= 15 is 0 Å². The molecule has 0 unspecified atom stereocenters. The Bertz CT molecular complexity index is 1420. The first-order valence-corrected chi connectivity index (χ1v) is 15.5. The molecule has 2 aromatic carbocycles. The number of piperazine rings is 1. The molecule has 2 aliphatic rings. The molecule has 0 aliphatic carbocycles. The maximum absolute atomic E-state index is 12.6. The Hall–Kier alpha value is -3.52. The highest BCUT2D eigenvalue weighted by Gasteiger charge is 2.28. The van der Waals surface area contributed by atoms with E-state index in [4.69, 9.17) is 4.74 Å². The van der Waals surface area contributed by atoms with Gasteiger partial charge in [-0.15, -0.1) is 0 Å². The zero-order valence-corrected chi connectivity index (χ0v) is 24.7. The molecule has 2 fully saturated rings. The topological polar surface area (TPSA) is 128 Å². The number of para-hydroxylation sites is 1. The number of rotatable bonds is 10. The lowest BCUT2D eigenvalue weighted by Gasteiger charge is -2.42. The van der Waals surface area contributed by atoms with E-state index in [9.17, 15) is 8.42 Å². The molecule has 5 rings (SSSR count). The highest BCUT2D eigenvalue weighted by molar-refractivity contribution is 7.89. The van der Waals surface area contributed by atoms with Gasteiger partial charge >= 0.3 is 0 Å². The first kappa shape index (κ1) is 29.0. The standard InChI is InChI=1S/C28H39N9O3S/c1-4-31-41(38,39)26-8-6-5-7-23(26)33-28-30-20-29-27(34-28)32-21-9-10-24(25(19-21)40-3)37-13-11-22(12-14-37)36-17-15-35(2)16-18-36/h5-10,19-20,22,31H,4,11-18H2,1-3H3,(H2,29,30,32,33,34). The van der Waals surface area contributed by atoms with E-state index in [1.165, 1.54) is 12.4 Å². The second-order valence-corrected chi connectivity index (χ2v) is 12.1. The largest absolute Gasteiger partial charge is 0.495 e. The molecule has 3 N–H and O–H groups in total. The average Bonchev–Trinajstić information content (AvgIpc) is 2.98. The Labute approximate surface area is 242 Å². The summed E-state index contributed by atoms with van der Waals surface area (Å²) in [7, 11) is 0.208. The van der Waals surface area contributed by atoms with Crippen LogP contribution in [0.2, 0.25) is 0 Å². The van der Waals surface area contributed by atoms with E-state index in [0.29, 0.717) is 17.7 Å². The molecule has 0 atom stereocenters. The van der Waals surface area contributed by atoms with Crippen LogP contribution >= 0.6 is 0 Å². The molecule has 0 saturated carbocycles. The molecule has 13 heteroatoms. The number of ether oxygens (including phenoxy) is 1. The fourth-order valence-electron chi connectivity index (χ4n) is 5.41. The molecular weight excluding hydrogens is 542 g/mol. The van der Waals surface area contributed by atoms with Gasteiger partial charge in [0.1, 0.15) is 17.0 Å². The lowest BCUT2D eigenvalue weighted by atomic mass is 10.0. The second-order valence-electron chi connectivity index (χ2n) is 10.3. The number of hydrogen-bond acceptors (Lipinski definition) is 11. The van der Waals surface area contributed by atoms with E-state index in [1.54, 1.807) is 32.2 Å². The molecule has 0 bridgehead atoms. The van der Waals surface area contributed by atoms with Crippen molar-refractivity contribution in [2.24, 2.45) is 0 Å². The van der Waals surface area contributed by atoms with Crippen molar-refractivity contribution in [3.8, 4) is 5.75 Å². The van der Waals surface area contributed by atoms with Crippen molar-refractivity contribution in [2.75, 3.05) is 75.5 Å². The quantitative estimate of drug-likeness (QED) is 0.327. The lowest BCUT2D eigenvalue weighted by Crippen LogP contribution is -2.52. The minimum absolute atomic E-state index is 0.115. The number of piperidine rings is 1. The van der Waals surface area contributed by atoms with Gasteiger partial charge in [-0.1, -0.05) is 19.1 Å². The molecule has 41 heavy (non-hydrogen) atoms. The number of aromatic nitrogens is 3. The van der Waals surface area contributed by atoms with Crippen LogP contribution < -0.4 is 25.0 Å². The zero-order chi connectivity index (χ0) is 28.8. The summed E-state index contributed by atoms with van der Waals surface area (Å²) in [5.74, 6) is 1.31. The monoisotopic (exact) mass is 581 g/mol. The summed E-state index contributed by atoms with van der Waals surface area (Å²) in [6.45, 7) is 8.60. The number of likely N-dealkylation sites (N-methyl/N-ethyl adjacent to an activating group) is 1. The third-order valence-corrected chi connectivity index (χ3v) is 9.23. The van der Waals surface area contributed by atoms with Crippen molar-refractivity contribution >= 4 is 39.0 Å². The molecule has 0 spiro atoms. The van der Waals surface area contributed by atoms with E-state index < -0.39 is 10.0 Å². The number of benzene rings is 2. The molecule has 220 valence electrons. The molecule has 2 saturated heterocycles.